The molecule has 1 amide bonds. The van der Waals surface area contributed by atoms with E-state index < -0.39 is 5.56 Å². The molecule has 0 aliphatic carbocycles. The Morgan fingerprint density at radius 3 is 2.46 bits per heavy atom. The molecule has 37 heavy (non-hydrogen) atoms. The first-order valence-electron chi connectivity index (χ1n) is 11.9. The van der Waals surface area contributed by atoms with Crippen LogP contribution in [0.25, 0.3) is 5.69 Å². The summed E-state index contributed by atoms with van der Waals surface area (Å²) in [6.45, 7) is 3.03. The van der Waals surface area contributed by atoms with Gasteiger partial charge in [0, 0.05) is 42.5 Å². The van der Waals surface area contributed by atoms with Gasteiger partial charge in [-0.15, -0.1) is 0 Å². The molecule has 1 aromatic heterocycles. The summed E-state index contributed by atoms with van der Waals surface area (Å²) in [5.74, 6) is 0.659. The van der Waals surface area contributed by atoms with E-state index in [1.165, 1.54) is 10.9 Å². The summed E-state index contributed by atoms with van der Waals surface area (Å²) in [4.78, 5) is 30.8. The summed E-state index contributed by atoms with van der Waals surface area (Å²) < 4.78 is 7.31. The fraction of sp³-hybridized carbons (Fsp3) is 0.179. The number of hydrogen-bond donors (Lipinski definition) is 1. The Labute approximate surface area is 219 Å². The summed E-state index contributed by atoms with van der Waals surface area (Å²) in [6, 6.07) is 23.2. The molecule has 4 aromatic rings. The summed E-state index contributed by atoms with van der Waals surface area (Å²) in [5, 5.41) is 8.01. The second-order valence-corrected chi connectivity index (χ2v) is 9.23. The van der Waals surface area contributed by atoms with E-state index in [0.717, 1.165) is 13.1 Å². The van der Waals surface area contributed by atoms with Crippen molar-refractivity contribution in [3.8, 4) is 17.2 Å². The first kappa shape index (κ1) is 24.5. The Morgan fingerprint density at radius 2 is 1.70 bits per heavy atom. The van der Waals surface area contributed by atoms with Crippen LogP contribution in [0.15, 0.2) is 89.9 Å². The normalized spacial score (nSPS) is 13.8. The Balaban J connectivity index is 1.50. The summed E-state index contributed by atoms with van der Waals surface area (Å²) in [5.41, 5.74) is 1.52. The second-order valence-electron chi connectivity index (χ2n) is 8.80. The number of likely N-dealkylation sites (N-methyl/N-ethyl adjacent to an activating group) is 1. The summed E-state index contributed by atoms with van der Waals surface area (Å²) in [7, 11) is 2.05. The number of anilines is 2. The minimum atomic E-state index is -0.401. The van der Waals surface area contributed by atoms with Crippen LogP contribution >= 0.6 is 11.6 Å². The maximum atomic E-state index is 13.6. The smallest absolute Gasteiger partial charge is 0.299 e. The highest BCUT2D eigenvalue weighted by molar-refractivity contribution is 6.30. The van der Waals surface area contributed by atoms with Crippen molar-refractivity contribution in [3.63, 3.8) is 0 Å². The average Bonchev–Trinajstić information content (AvgIpc) is 2.91. The quantitative estimate of drug-likeness (QED) is 0.397. The molecule has 188 valence electrons. The van der Waals surface area contributed by atoms with Crippen LogP contribution in [0.3, 0.4) is 0 Å². The van der Waals surface area contributed by atoms with Crippen LogP contribution in [0.4, 0.5) is 11.4 Å². The molecule has 1 aliphatic rings. The van der Waals surface area contributed by atoms with Crippen LogP contribution in [-0.2, 0) is 0 Å². The van der Waals surface area contributed by atoms with Gasteiger partial charge in [-0.2, -0.15) is 9.78 Å². The van der Waals surface area contributed by atoms with E-state index in [9.17, 15) is 9.59 Å². The van der Waals surface area contributed by atoms with Crippen LogP contribution in [0, 0.1) is 0 Å². The van der Waals surface area contributed by atoms with Crippen molar-refractivity contribution >= 4 is 28.9 Å². The molecule has 3 aromatic carbocycles. The van der Waals surface area contributed by atoms with Crippen LogP contribution in [0.2, 0.25) is 5.02 Å². The third-order valence-corrected chi connectivity index (χ3v) is 6.37. The summed E-state index contributed by atoms with van der Waals surface area (Å²) in [6.07, 6.45) is 1.48. The average molecular weight is 516 g/mol. The number of amides is 1. The Kier molecular flexibility index (Phi) is 7.20. The topological polar surface area (TPSA) is 79.7 Å². The number of nitrogens with one attached hydrogen (secondary N) is 1. The van der Waals surface area contributed by atoms with Crippen molar-refractivity contribution in [2.24, 2.45) is 0 Å². The highest BCUT2D eigenvalue weighted by Crippen LogP contribution is 2.30. The van der Waals surface area contributed by atoms with Gasteiger partial charge in [0.15, 0.2) is 11.4 Å². The molecule has 0 atom stereocenters. The van der Waals surface area contributed by atoms with Crippen molar-refractivity contribution in [2.45, 2.75) is 0 Å². The molecule has 1 N–H and O–H groups in total. The first-order chi connectivity index (χ1) is 18.0. The lowest BCUT2D eigenvalue weighted by molar-refractivity contribution is 0.0664. The number of para-hydroxylation sites is 1. The van der Waals surface area contributed by atoms with E-state index in [1.807, 2.05) is 30.1 Å². The Bertz CT molecular complexity index is 1470. The largest absolute Gasteiger partial charge is 0.453 e. The molecule has 8 nitrogen and oxygen atoms in total. The number of hydrogen-bond acceptors (Lipinski definition) is 6. The number of aromatic nitrogens is 2. The van der Waals surface area contributed by atoms with Crippen molar-refractivity contribution in [1.82, 2.24) is 19.6 Å². The first-order valence-corrected chi connectivity index (χ1v) is 12.3. The van der Waals surface area contributed by atoms with E-state index in [1.54, 1.807) is 60.7 Å². The third kappa shape index (κ3) is 5.66. The second kappa shape index (κ2) is 10.9. The number of halogens is 1. The highest BCUT2D eigenvalue weighted by Gasteiger charge is 2.21. The number of piperazine rings is 1. The molecule has 1 fully saturated rings. The Hall–Kier alpha value is -4.14. The monoisotopic (exact) mass is 515 g/mol. The molecule has 0 unspecified atom stereocenters. The molecule has 0 saturated carbocycles. The number of benzene rings is 3. The third-order valence-electron chi connectivity index (χ3n) is 6.14. The van der Waals surface area contributed by atoms with Gasteiger partial charge < -0.3 is 19.9 Å². The zero-order valence-corrected chi connectivity index (χ0v) is 21.1. The number of carbonyl (C=O) groups excluding carboxylic acids is 1. The van der Waals surface area contributed by atoms with Crippen LogP contribution in [0.5, 0.6) is 11.5 Å². The molecular formula is C28H26ClN5O3. The standard InChI is InChI=1S/C28H26ClN5O3/c1-32-13-15-33(16-14-32)27(35)20-7-5-9-22(17-20)31-26-25(37-24-12-6-8-21(29)18-24)19-30-34(28(26)36)23-10-3-2-4-11-23/h2-12,17-19,31H,13-16H2,1H3. The molecule has 9 heteroatoms. The minimum absolute atomic E-state index is 0.0384. The number of rotatable bonds is 6. The molecule has 0 spiro atoms. The number of ether oxygens (including phenoxy) is 1. The molecule has 1 saturated heterocycles. The maximum Gasteiger partial charge on any atom is 0.299 e. The van der Waals surface area contributed by atoms with Crippen LogP contribution < -0.4 is 15.6 Å². The van der Waals surface area contributed by atoms with Crippen molar-refractivity contribution < 1.29 is 9.53 Å². The maximum absolute atomic E-state index is 13.6. The lowest BCUT2D eigenvalue weighted by atomic mass is 10.1. The van der Waals surface area contributed by atoms with Gasteiger partial charge in [-0.1, -0.05) is 41.9 Å². The molecule has 0 radical (unpaired) electrons. The zero-order chi connectivity index (χ0) is 25.8. The van der Waals surface area contributed by atoms with Crippen LogP contribution in [0.1, 0.15) is 10.4 Å². The number of nitrogens with zero attached hydrogens (tertiary/aromatic N) is 4. The van der Waals surface area contributed by atoms with Crippen LogP contribution in [-0.4, -0.2) is 58.7 Å². The van der Waals surface area contributed by atoms with Gasteiger partial charge in [-0.25, -0.2) is 0 Å². The predicted molar refractivity (Wildman–Crippen MR) is 144 cm³/mol. The highest BCUT2D eigenvalue weighted by atomic mass is 35.5. The van der Waals surface area contributed by atoms with Gasteiger partial charge in [-0.05, 0) is 55.6 Å². The molecule has 0 bridgehead atoms. The zero-order valence-electron chi connectivity index (χ0n) is 20.3. The van der Waals surface area contributed by atoms with E-state index in [-0.39, 0.29) is 17.3 Å². The fourth-order valence-electron chi connectivity index (χ4n) is 4.11. The molecule has 1 aliphatic heterocycles. The van der Waals surface area contributed by atoms with Gasteiger partial charge in [0.1, 0.15) is 5.75 Å². The molecule has 5 rings (SSSR count). The number of carbonyl (C=O) groups is 1. The molecular weight excluding hydrogens is 490 g/mol. The van der Waals surface area contributed by atoms with Gasteiger partial charge in [0.25, 0.3) is 11.5 Å². The fourth-order valence-corrected chi connectivity index (χ4v) is 4.29. The predicted octanol–water partition coefficient (Wildman–Crippen LogP) is 4.81. The molecule has 2 heterocycles. The van der Waals surface area contributed by atoms with E-state index in [2.05, 4.69) is 15.3 Å². The van der Waals surface area contributed by atoms with Gasteiger partial charge >= 0.3 is 0 Å². The van der Waals surface area contributed by atoms with Crippen molar-refractivity contribution in [2.75, 3.05) is 38.5 Å². The van der Waals surface area contributed by atoms with E-state index >= 15 is 0 Å². The van der Waals surface area contributed by atoms with E-state index in [4.69, 9.17) is 16.3 Å². The van der Waals surface area contributed by atoms with Gasteiger partial charge in [0.05, 0.1) is 11.9 Å². The van der Waals surface area contributed by atoms with Gasteiger partial charge in [0.2, 0.25) is 0 Å². The van der Waals surface area contributed by atoms with E-state index in [0.29, 0.717) is 40.8 Å². The Morgan fingerprint density at radius 1 is 0.946 bits per heavy atom. The van der Waals surface area contributed by atoms with Crippen molar-refractivity contribution in [1.29, 1.82) is 0 Å². The minimum Gasteiger partial charge on any atom is -0.453 e. The lowest BCUT2D eigenvalue weighted by Gasteiger charge is -2.32. The summed E-state index contributed by atoms with van der Waals surface area (Å²) >= 11 is 6.12. The van der Waals surface area contributed by atoms with Crippen molar-refractivity contribution in [3.05, 3.63) is 106 Å². The SMILES string of the molecule is CN1CCN(C(=O)c2cccc(Nc3c(Oc4cccc(Cl)c4)cnn(-c4ccccc4)c3=O)c2)CC1. The van der Waals surface area contributed by atoms with Gasteiger partial charge in [-0.3, -0.25) is 9.59 Å². The lowest BCUT2D eigenvalue weighted by Crippen LogP contribution is -2.47.